The van der Waals surface area contributed by atoms with Crippen LogP contribution in [0.5, 0.6) is 0 Å². The summed E-state index contributed by atoms with van der Waals surface area (Å²) in [6.45, 7) is 2.26. The summed E-state index contributed by atoms with van der Waals surface area (Å²) in [7, 11) is 0. The van der Waals surface area contributed by atoms with Crippen molar-refractivity contribution >= 4 is 22.5 Å². The predicted octanol–water partition coefficient (Wildman–Crippen LogP) is 3.61. The van der Waals surface area contributed by atoms with Crippen LogP contribution in [0.2, 0.25) is 0 Å². The Hall–Kier alpha value is -0.990. The Balaban J connectivity index is 1.94. The summed E-state index contributed by atoms with van der Waals surface area (Å²) >= 11 is 2.05. The molecule has 0 radical (unpaired) electrons. The van der Waals surface area contributed by atoms with Crippen LogP contribution in [-0.2, 0) is 0 Å². The van der Waals surface area contributed by atoms with Crippen LogP contribution in [0.3, 0.4) is 0 Å². The summed E-state index contributed by atoms with van der Waals surface area (Å²) in [5, 5.41) is 6.35. The number of benzene rings is 2. The van der Waals surface area contributed by atoms with Crippen molar-refractivity contribution in [2.45, 2.75) is 19.0 Å². The number of fused-ring (bicyclic) bond motifs is 1. The van der Waals surface area contributed by atoms with E-state index in [9.17, 15) is 0 Å². The lowest BCUT2D eigenvalue weighted by atomic mass is 10.0. The maximum atomic E-state index is 3.68. The zero-order chi connectivity index (χ0) is 11.7. The SMILES string of the molecule is CC1CSCC(c2ccc3ccccc3c2)N1. The van der Waals surface area contributed by atoms with E-state index in [0.717, 1.165) is 0 Å². The molecular formula is C15H17NS. The third kappa shape index (κ3) is 2.33. The van der Waals surface area contributed by atoms with E-state index in [1.165, 1.54) is 27.8 Å². The second-order valence-electron chi connectivity index (χ2n) is 4.76. The summed E-state index contributed by atoms with van der Waals surface area (Å²) in [5.74, 6) is 2.41. The molecule has 1 fully saturated rings. The van der Waals surface area contributed by atoms with Gasteiger partial charge in [0.15, 0.2) is 0 Å². The molecule has 0 amide bonds. The van der Waals surface area contributed by atoms with Gasteiger partial charge in [-0.15, -0.1) is 0 Å². The van der Waals surface area contributed by atoms with Gasteiger partial charge in [0, 0.05) is 23.6 Å². The molecule has 88 valence electrons. The Morgan fingerprint density at radius 2 is 1.88 bits per heavy atom. The van der Waals surface area contributed by atoms with E-state index >= 15 is 0 Å². The summed E-state index contributed by atoms with van der Waals surface area (Å²) < 4.78 is 0. The molecule has 1 nitrogen and oxygen atoms in total. The number of hydrogen-bond acceptors (Lipinski definition) is 2. The second kappa shape index (κ2) is 4.71. The average molecular weight is 243 g/mol. The van der Waals surface area contributed by atoms with E-state index in [1.54, 1.807) is 0 Å². The molecule has 2 aromatic carbocycles. The summed E-state index contributed by atoms with van der Waals surface area (Å²) in [6.07, 6.45) is 0. The normalized spacial score (nSPS) is 25.0. The molecule has 0 saturated carbocycles. The highest BCUT2D eigenvalue weighted by Gasteiger charge is 2.19. The van der Waals surface area contributed by atoms with E-state index in [4.69, 9.17) is 0 Å². The highest BCUT2D eigenvalue weighted by molar-refractivity contribution is 7.99. The van der Waals surface area contributed by atoms with Crippen molar-refractivity contribution in [3.8, 4) is 0 Å². The molecule has 0 aromatic heterocycles. The molecule has 1 saturated heterocycles. The number of rotatable bonds is 1. The molecule has 0 spiro atoms. The van der Waals surface area contributed by atoms with Gasteiger partial charge in [0.25, 0.3) is 0 Å². The zero-order valence-corrected chi connectivity index (χ0v) is 10.8. The topological polar surface area (TPSA) is 12.0 Å². The molecule has 2 unspecified atom stereocenters. The Morgan fingerprint density at radius 3 is 2.71 bits per heavy atom. The molecule has 2 atom stereocenters. The van der Waals surface area contributed by atoms with Gasteiger partial charge < -0.3 is 5.32 Å². The predicted molar refractivity (Wildman–Crippen MR) is 76.6 cm³/mol. The summed E-state index contributed by atoms with van der Waals surface area (Å²) in [5.41, 5.74) is 1.42. The van der Waals surface area contributed by atoms with E-state index in [-0.39, 0.29) is 0 Å². The highest BCUT2D eigenvalue weighted by atomic mass is 32.2. The molecule has 0 bridgehead atoms. The van der Waals surface area contributed by atoms with Crippen LogP contribution in [0.4, 0.5) is 0 Å². The standard InChI is InChI=1S/C15H17NS/c1-11-9-17-10-15(16-11)14-7-6-12-4-2-3-5-13(12)8-14/h2-8,11,15-16H,9-10H2,1H3. The summed E-state index contributed by atoms with van der Waals surface area (Å²) in [4.78, 5) is 0. The maximum absolute atomic E-state index is 3.68. The molecule has 2 heteroatoms. The molecule has 1 aliphatic rings. The zero-order valence-electron chi connectivity index (χ0n) is 10.0. The third-order valence-corrected chi connectivity index (χ3v) is 4.62. The van der Waals surface area contributed by atoms with E-state index in [2.05, 4.69) is 54.7 Å². The first-order chi connectivity index (χ1) is 8.33. The van der Waals surface area contributed by atoms with Crippen molar-refractivity contribution in [3.63, 3.8) is 0 Å². The smallest absolute Gasteiger partial charge is 0.0414 e. The summed E-state index contributed by atoms with van der Waals surface area (Å²) in [6, 6.07) is 16.5. The van der Waals surface area contributed by atoms with E-state index < -0.39 is 0 Å². The molecule has 1 N–H and O–H groups in total. The molecule has 2 aromatic rings. The van der Waals surface area contributed by atoms with Gasteiger partial charge in [-0.3, -0.25) is 0 Å². The fourth-order valence-electron chi connectivity index (χ4n) is 2.42. The molecule has 3 rings (SSSR count). The molecular weight excluding hydrogens is 226 g/mol. The lowest BCUT2D eigenvalue weighted by Crippen LogP contribution is -2.37. The molecule has 17 heavy (non-hydrogen) atoms. The van der Waals surface area contributed by atoms with Gasteiger partial charge >= 0.3 is 0 Å². The minimum absolute atomic E-state index is 0.508. The minimum Gasteiger partial charge on any atom is -0.306 e. The van der Waals surface area contributed by atoms with Gasteiger partial charge in [0.05, 0.1) is 0 Å². The number of thioether (sulfide) groups is 1. The van der Waals surface area contributed by atoms with Crippen LogP contribution in [0.25, 0.3) is 10.8 Å². The van der Waals surface area contributed by atoms with Crippen LogP contribution >= 0.6 is 11.8 Å². The quantitative estimate of drug-likeness (QED) is 0.821. The highest BCUT2D eigenvalue weighted by Crippen LogP contribution is 2.26. The van der Waals surface area contributed by atoms with Crippen molar-refractivity contribution in [1.82, 2.24) is 5.32 Å². The lowest BCUT2D eigenvalue weighted by molar-refractivity contribution is 0.503. The van der Waals surface area contributed by atoms with Crippen molar-refractivity contribution in [1.29, 1.82) is 0 Å². The first-order valence-electron chi connectivity index (χ1n) is 6.15. The van der Waals surface area contributed by atoms with Crippen LogP contribution in [0.15, 0.2) is 42.5 Å². The minimum atomic E-state index is 0.508. The van der Waals surface area contributed by atoms with Crippen LogP contribution < -0.4 is 5.32 Å². The second-order valence-corrected chi connectivity index (χ2v) is 5.84. The Kier molecular flexibility index (Phi) is 3.08. The van der Waals surface area contributed by atoms with Gasteiger partial charge in [0.1, 0.15) is 0 Å². The van der Waals surface area contributed by atoms with Crippen molar-refractivity contribution < 1.29 is 0 Å². The number of hydrogen-bond donors (Lipinski definition) is 1. The van der Waals surface area contributed by atoms with Crippen molar-refractivity contribution in [2.24, 2.45) is 0 Å². The Labute approximate surface area is 107 Å². The van der Waals surface area contributed by atoms with Crippen LogP contribution in [0.1, 0.15) is 18.5 Å². The van der Waals surface area contributed by atoms with Gasteiger partial charge in [-0.1, -0.05) is 36.4 Å². The largest absolute Gasteiger partial charge is 0.306 e. The number of nitrogens with one attached hydrogen (secondary N) is 1. The first-order valence-corrected chi connectivity index (χ1v) is 7.31. The fraction of sp³-hybridized carbons (Fsp3) is 0.333. The lowest BCUT2D eigenvalue weighted by Gasteiger charge is -2.28. The fourth-order valence-corrected chi connectivity index (χ4v) is 3.53. The Bertz CT molecular complexity index is 523. The van der Waals surface area contributed by atoms with Gasteiger partial charge in [-0.2, -0.15) is 11.8 Å². The van der Waals surface area contributed by atoms with Crippen LogP contribution in [-0.4, -0.2) is 17.5 Å². The molecule has 1 heterocycles. The third-order valence-electron chi connectivity index (χ3n) is 3.31. The maximum Gasteiger partial charge on any atom is 0.0414 e. The first kappa shape index (κ1) is 11.1. The average Bonchev–Trinajstić information content (AvgIpc) is 2.38. The Morgan fingerprint density at radius 1 is 1.06 bits per heavy atom. The molecule has 0 aliphatic carbocycles. The monoisotopic (exact) mass is 243 g/mol. The van der Waals surface area contributed by atoms with E-state index in [0.29, 0.717) is 12.1 Å². The van der Waals surface area contributed by atoms with Crippen LogP contribution in [0, 0.1) is 0 Å². The van der Waals surface area contributed by atoms with Crippen molar-refractivity contribution in [3.05, 3.63) is 48.0 Å². The molecule has 1 aliphatic heterocycles. The van der Waals surface area contributed by atoms with E-state index in [1.807, 2.05) is 11.8 Å². The van der Waals surface area contributed by atoms with Crippen molar-refractivity contribution in [2.75, 3.05) is 11.5 Å². The van der Waals surface area contributed by atoms with Gasteiger partial charge in [0.2, 0.25) is 0 Å². The van der Waals surface area contributed by atoms with Gasteiger partial charge in [-0.25, -0.2) is 0 Å². The van der Waals surface area contributed by atoms with Gasteiger partial charge in [-0.05, 0) is 29.3 Å².